The first-order valence-corrected chi connectivity index (χ1v) is 16.7. The molecule has 0 bridgehead atoms. The molecule has 232 valence electrons. The molecule has 1 aliphatic heterocycles. The van der Waals surface area contributed by atoms with Crippen LogP contribution in [0, 0.1) is 11.6 Å². The minimum atomic E-state index is -3.60. The van der Waals surface area contributed by atoms with Gasteiger partial charge in [-0.05, 0) is 77.3 Å². The summed E-state index contributed by atoms with van der Waals surface area (Å²) >= 11 is 3.54. The Morgan fingerprint density at radius 1 is 1.11 bits per heavy atom. The predicted octanol–water partition coefficient (Wildman–Crippen LogP) is 7.57. The number of fused-ring (bicyclic) bond motifs is 1. The van der Waals surface area contributed by atoms with Gasteiger partial charge in [-0.1, -0.05) is 26.0 Å². The molecule has 0 fully saturated rings. The minimum Gasteiger partial charge on any atom is -0.488 e. The Morgan fingerprint density at radius 2 is 1.93 bits per heavy atom. The molecular formula is C32H33BrF2N4O4S. The molecule has 0 spiro atoms. The van der Waals surface area contributed by atoms with E-state index in [9.17, 15) is 12.8 Å². The number of sulfonamides is 1. The second-order valence-corrected chi connectivity index (χ2v) is 13.4. The van der Waals surface area contributed by atoms with Gasteiger partial charge >= 0.3 is 0 Å². The Bertz CT molecular complexity index is 1800. The van der Waals surface area contributed by atoms with E-state index in [0.29, 0.717) is 51.0 Å². The van der Waals surface area contributed by atoms with Crippen LogP contribution in [-0.2, 0) is 27.0 Å². The Morgan fingerprint density at radius 3 is 2.59 bits per heavy atom. The van der Waals surface area contributed by atoms with Gasteiger partial charge in [0.25, 0.3) is 0 Å². The number of ether oxygens (including phenoxy) is 2. The van der Waals surface area contributed by atoms with Gasteiger partial charge in [0.2, 0.25) is 10.0 Å². The van der Waals surface area contributed by atoms with Crippen molar-refractivity contribution in [3.63, 3.8) is 0 Å². The van der Waals surface area contributed by atoms with E-state index in [1.807, 2.05) is 13.0 Å². The number of rotatable bonds is 12. The third-order valence-electron chi connectivity index (χ3n) is 7.76. The van der Waals surface area contributed by atoms with Gasteiger partial charge < -0.3 is 14.8 Å². The van der Waals surface area contributed by atoms with Crippen molar-refractivity contribution in [3.05, 3.63) is 100 Å². The molecule has 1 aliphatic rings. The number of nitrogens with zero attached hydrogens (tertiary/aromatic N) is 3. The lowest BCUT2D eigenvalue weighted by Gasteiger charge is -2.42. The summed E-state index contributed by atoms with van der Waals surface area (Å²) in [6.07, 6.45) is 5.35. The number of nitrogens with one attached hydrogen (secondary N) is 1. The minimum absolute atomic E-state index is 0.0762. The smallest absolute Gasteiger partial charge is 0.214 e. The summed E-state index contributed by atoms with van der Waals surface area (Å²) in [4.78, 5) is 8.72. The van der Waals surface area contributed by atoms with Crippen molar-refractivity contribution < 1.29 is 26.7 Å². The number of benzene rings is 3. The van der Waals surface area contributed by atoms with Crippen LogP contribution in [0.15, 0.2) is 77.7 Å². The molecule has 12 heteroatoms. The van der Waals surface area contributed by atoms with Crippen molar-refractivity contribution in [3.8, 4) is 5.75 Å². The summed E-state index contributed by atoms with van der Waals surface area (Å²) in [7, 11) is -3.60. The molecule has 0 aliphatic carbocycles. The number of hydrogen-bond acceptors (Lipinski definition) is 7. The summed E-state index contributed by atoms with van der Waals surface area (Å²) in [5.41, 5.74) is 0.704. The molecule has 0 amide bonds. The topological polar surface area (TPSA) is 93.7 Å². The number of aromatic nitrogens is 2. The normalized spacial score (nSPS) is 17.2. The van der Waals surface area contributed by atoms with Gasteiger partial charge in [-0.15, -0.1) is 0 Å². The first-order chi connectivity index (χ1) is 21.1. The lowest BCUT2D eigenvalue weighted by molar-refractivity contribution is -0.0263. The van der Waals surface area contributed by atoms with Gasteiger partial charge in [-0.2, -0.15) is 4.31 Å². The molecule has 44 heavy (non-hydrogen) atoms. The van der Waals surface area contributed by atoms with E-state index in [2.05, 4.69) is 31.2 Å². The van der Waals surface area contributed by atoms with Gasteiger partial charge in [-0.3, -0.25) is 0 Å². The van der Waals surface area contributed by atoms with Crippen molar-refractivity contribution in [1.29, 1.82) is 0 Å². The lowest BCUT2D eigenvalue weighted by Crippen LogP contribution is -2.53. The molecule has 1 N–H and O–H groups in total. The Kier molecular flexibility index (Phi) is 9.52. The van der Waals surface area contributed by atoms with Gasteiger partial charge in [-0.25, -0.2) is 27.2 Å². The standard InChI is InChI=1S/C32H33BrF2N4O4S/c1-4-30(39(5-2)44(40,41)6-3)32(13-8-14-43-32)25-17-24-28(18-27(25)35)36-20-37-31(24)38-23-11-12-29(26(33)16-23)42-19-21-9-7-10-22(34)15-21/h7-12,14-18,20,30H,4-6,13,19H2,1-3H3,(H,36,37,38). The fourth-order valence-electron chi connectivity index (χ4n) is 5.67. The summed E-state index contributed by atoms with van der Waals surface area (Å²) < 4.78 is 69.7. The van der Waals surface area contributed by atoms with Gasteiger partial charge in [0.15, 0.2) is 5.60 Å². The molecule has 0 radical (unpaired) electrons. The first-order valence-electron chi connectivity index (χ1n) is 14.3. The average molecular weight is 688 g/mol. The van der Waals surface area contributed by atoms with E-state index in [-0.39, 0.29) is 30.3 Å². The van der Waals surface area contributed by atoms with Crippen LogP contribution in [0.1, 0.15) is 44.7 Å². The van der Waals surface area contributed by atoms with Crippen LogP contribution in [0.4, 0.5) is 20.3 Å². The largest absolute Gasteiger partial charge is 0.488 e. The monoisotopic (exact) mass is 686 g/mol. The maximum Gasteiger partial charge on any atom is 0.214 e. The number of likely N-dealkylation sites (N-methyl/N-ethyl adjacent to an activating group) is 1. The fourth-order valence-corrected chi connectivity index (χ4v) is 7.60. The third kappa shape index (κ3) is 6.29. The number of hydrogen-bond donors (Lipinski definition) is 1. The van der Waals surface area contributed by atoms with Crippen molar-refractivity contribution in [2.75, 3.05) is 17.6 Å². The summed E-state index contributed by atoms with van der Waals surface area (Å²) in [6.45, 7) is 5.66. The Hall–Kier alpha value is -3.61. The van der Waals surface area contributed by atoms with Crippen molar-refractivity contribution >= 4 is 48.4 Å². The van der Waals surface area contributed by atoms with E-state index in [0.717, 1.165) is 0 Å². The molecule has 8 nitrogen and oxygen atoms in total. The van der Waals surface area contributed by atoms with Crippen molar-refractivity contribution in [2.45, 2.75) is 51.9 Å². The van der Waals surface area contributed by atoms with Gasteiger partial charge in [0.1, 0.15) is 36.1 Å². The highest BCUT2D eigenvalue weighted by Crippen LogP contribution is 2.45. The van der Waals surface area contributed by atoms with Crippen LogP contribution < -0.4 is 10.1 Å². The predicted molar refractivity (Wildman–Crippen MR) is 170 cm³/mol. The second kappa shape index (κ2) is 13.2. The van der Waals surface area contributed by atoms with Crippen molar-refractivity contribution in [2.24, 2.45) is 0 Å². The second-order valence-electron chi connectivity index (χ2n) is 10.4. The summed E-state index contributed by atoms with van der Waals surface area (Å²) in [6, 6.07) is 13.9. The Labute approximate surface area is 264 Å². The van der Waals surface area contributed by atoms with Crippen LogP contribution in [0.2, 0.25) is 0 Å². The molecule has 2 atom stereocenters. The van der Waals surface area contributed by atoms with Crippen LogP contribution in [-0.4, -0.2) is 41.0 Å². The molecule has 5 rings (SSSR count). The molecule has 3 aromatic carbocycles. The highest BCUT2D eigenvalue weighted by atomic mass is 79.9. The molecule has 4 aromatic rings. The van der Waals surface area contributed by atoms with Crippen LogP contribution in [0.5, 0.6) is 5.75 Å². The van der Waals surface area contributed by atoms with E-state index in [4.69, 9.17) is 9.47 Å². The molecule has 2 heterocycles. The van der Waals surface area contributed by atoms with E-state index in [1.54, 1.807) is 50.3 Å². The SMILES string of the molecule is CCC(N(CC)S(=O)(=O)CC)C1(c2cc3c(Nc4ccc(OCc5cccc(F)c5)c(Br)c4)ncnc3cc2F)CC=CO1. The van der Waals surface area contributed by atoms with Crippen LogP contribution >= 0.6 is 15.9 Å². The van der Waals surface area contributed by atoms with E-state index in [1.165, 1.54) is 35.1 Å². The molecule has 1 aromatic heterocycles. The summed E-state index contributed by atoms with van der Waals surface area (Å²) in [5.74, 6) is 0.0479. The quantitative estimate of drug-likeness (QED) is 0.164. The maximum absolute atomic E-state index is 15.9. The zero-order valence-corrected chi connectivity index (χ0v) is 27.0. The highest BCUT2D eigenvalue weighted by molar-refractivity contribution is 9.10. The van der Waals surface area contributed by atoms with E-state index < -0.39 is 27.5 Å². The highest BCUT2D eigenvalue weighted by Gasteiger charge is 2.49. The van der Waals surface area contributed by atoms with Crippen molar-refractivity contribution in [1.82, 2.24) is 14.3 Å². The lowest BCUT2D eigenvalue weighted by atomic mass is 9.81. The molecular weight excluding hydrogens is 654 g/mol. The summed E-state index contributed by atoms with van der Waals surface area (Å²) in [5, 5.41) is 3.82. The van der Waals surface area contributed by atoms with Crippen LogP contribution in [0.3, 0.4) is 0 Å². The molecule has 0 saturated carbocycles. The molecule has 2 unspecified atom stereocenters. The van der Waals surface area contributed by atoms with Crippen LogP contribution in [0.25, 0.3) is 10.9 Å². The molecule has 0 saturated heterocycles. The third-order valence-corrected chi connectivity index (χ3v) is 10.3. The fraction of sp³-hybridized carbons (Fsp3) is 0.312. The zero-order chi connectivity index (χ0) is 31.5. The first kappa shape index (κ1) is 31.8. The number of anilines is 2. The van der Waals surface area contributed by atoms with Gasteiger partial charge in [0, 0.05) is 35.7 Å². The average Bonchev–Trinajstić information content (AvgIpc) is 3.49. The maximum atomic E-state index is 15.9. The zero-order valence-electron chi connectivity index (χ0n) is 24.6. The Balaban J connectivity index is 1.49. The van der Waals surface area contributed by atoms with E-state index >= 15 is 4.39 Å². The van der Waals surface area contributed by atoms with Gasteiger partial charge in [0.05, 0.1) is 28.0 Å². The number of halogens is 3.